The maximum Gasteiger partial charge on any atom is 0.325 e. The standard InChI is InChI=1S/C10H17NO2S/c1-13-9(12)10(11)5-7-3-2-4-8(6-10)14-7/h7-8H,2-6,11H2,1H3. The highest BCUT2D eigenvalue weighted by atomic mass is 32.2. The lowest BCUT2D eigenvalue weighted by molar-refractivity contribution is -0.148. The van der Waals surface area contributed by atoms with Crippen LogP contribution < -0.4 is 5.73 Å². The Morgan fingerprint density at radius 2 is 2.00 bits per heavy atom. The minimum atomic E-state index is -0.699. The van der Waals surface area contributed by atoms with Crippen LogP contribution in [0.4, 0.5) is 0 Å². The lowest BCUT2D eigenvalue weighted by Gasteiger charge is -2.42. The Bertz CT molecular complexity index is 232. The first-order valence-corrected chi connectivity index (χ1v) is 6.11. The van der Waals surface area contributed by atoms with Gasteiger partial charge in [0.05, 0.1) is 7.11 Å². The molecule has 2 fully saturated rings. The van der Waals surface area contributed by atoms with Crippen molar-refractivity contribution < 1.29 is 9.53 Å². The Hall–Kier alpha value is -0.220. The monoisotopic (exact) mass is 215 g/mol. The predicted molar refractivity (Wildman–Crippen MR) is 57.2 cm³/mol. The topological polar surface area (TPSA) is 52.3 Å². The maximum atomic E-state index is 11.6. The van der Waals surface area contributed by atoms with E-state index in [0.717, 1.165) is 12.8 Å². The van der Waals surface area contributed by atoms with Crippen LogP contribution in [0.15, 0.2) is 0 Å². The summed E-state index contributed by atoms with van der Waals surface area (Å²) in [7, 11) is 1.43. The van der Waals surface area contributed by atoms with Crippen molar-refractivity contribution in [3.05, 3.63) is 0 Å². The van der Waals surface area contributed by atoms with E-state index < -0.39 is 5.54 Å². The second-order valence-electron chi connectivity index (χ2n) is 4.37. The van der Waals surface area contributed by atoms with Crippen LogP contribution in [0.2, 0.25) is 0 Å². The molecule has 4 heteroatoms. The molecule has 2 aliphatic heterocycles. The first-order chi connectivity index (χ1) is 6.64. The normalized spacial score (nSPS) is 41.9. The van der Waals surface area contributed by atoms with Gasteiger partial charge in [0.25, 0.3) is 0 Å². The molecule has 0 spiro atoms. The van der Waals surface area contributed by atoms with Gasteiger partial charge in [-0.3, -0.25) is 4.79 Å². The van der Waals surface area contributed by atoms with Gasteiger partial charge in [0.2, 0.25) is 0 Å². The van der Waals surface area contributed by atoms with E-state index in [9.17, 15) is 4.79 Å². The van der Waals surface area contributed by atoms with Gasteiger partial charge in [-0.15, -0.1) is 0 Å². The molecule has 0 aromatic rings. The number of carbonyl (C=O) groups excluding carboxylic acids is 1. The minimum absolute atomic E-state index is 0.227. The van der Waals surface area contributed by atoms with Crippen LogP contribution in [0.5, 0.6) is 0 Å². The van der Waals surface area contributed by atoms with E-state index in [4.69, 9.17) is 10.5 Å². The summed E-state index contributed by atoms with van der Waals surface area (Å²) in [5.74, 6) is -0.227. The third-order valence-corrected chi connectivity index (χ3v) is 4.79. The number of fused-ring (bicyclic) bond motifs is 2. The smallest absolute Gasteiger partial charge is 0.325 e. The minimum Gasteiger partial charge on any atom is -0.468 e. The molecule has 2 heterocycles. The van der Waals surface area contributed by atoms with Crippen LogP contribution in [0.3, 0.4) is 0 Å². The fourth-order valence-electron chi connectivity index (χ4n) is 2.55. The van der Waals surface area contributed by atoms with Gasteiger partial charge in [-0.25, -0.2) is 0 Å². The molecule has 0 saturated carbocycles. The summed E-state index contributed by atoms with van der Waals surface area (Å²) in [6.45, 7) is 0. The van der Waals surface area contributed by atoms with Crippen molar-refractivity contribution in [1.29, 1.82) is 0 Å². The molecule has 14 heavy (non-hydrogen) atoms. The average molecular weight is 215 g/mol. The number of hydrogen-bond donors (Lipinski definition) is 1. The quantitative estimate of drug-likeness (QED) is 0.670. The van der Waals surface area contributed by atoms with Crippen molar-refractivity contribution in [2.24, 2.45) is 5.73 Å². The summed E-state index contributed by atoms with van der Waals surface area (Å²) in [6.07, 6.45) is 5.29. The van der Waals surface area contributed by atoms with Crippen molar-refractivity contribution in [3.63, 3.8) is 0 Å². The lowest BCUT2D eigenvalue weighted by atomic mass is 9.83. The third kappa shape index (κ3) is 1.77. The van der Waals surface area contributed by atoms with Crippen LogP contribution in [0.25, 0.3) is 0 Å². The van der Waals surface area contributed by atoms with Crippen LogP contribution in [-0.4, -0.2) is 29.1 Å². The molecule has 0 aromatic heterocycles. The van der Waals surface area contributed by atoms with Gasteiger partial charge in [-0.1, -0.05) is 6.42 Å². The fraction of sp³-hybridized carbons (Fsp3) is 0.900. The van der Waals surface area contributed by atoms with E-state index >= 15 is 0 Å². The highest BCUT2D eigenvalue weighted by molar-refractivity contribution is 8.00. The van der Waals surface area contributed by atoms with Crippen molar-refractivity contribution in [2.75, 3.05) is 7.11 Å². The van der Waals surface area contributed by atoms with E-state index in [1.807, 2.05) is 11.8 Å². The molecule has 0 aromatic carbocycles. The molecule has 2 N–H and O–H groups in total. The highest BCUT2D eigenvalue weighted by Crippen LogP contribution is 2.44. The predicted octanol–water partition coefficient (Wildman–Crippen LogP) is 1.30. The van der Waals surface area contributed by atoms with Gasteiger partial charge < -0.3 is 10.5 Å². The number of rotatable bonds is 1. The number of ether oxygens (including phenoxy) is 1. The Morgan fingerprint density at radius 3 is 2.50 bits per heavy atom. The van der Waals surface area contributed by atoms with Gasteiger partial charge >= 0.3 is 5.97 Å². The fourth-order valence-corrected chi connectivity index (χ4v) is 4.48. The molecule has 2 rings (SSSR count). The lowest BCUT2D eigenvalue weighted by Crippen LogP contribution is -2.55. The van der Waals surface area contributed by atoms with E-state index in [1.54, 1.807) is 0 Å². The zero-order valence-corrected chi connectivity index (χ0v) is 9.31. The number of esters is 1. The number of methoxy groups -OCH3 is 1. The van der Waals surface area contributed by atoms with Gasteiger partial charge in [-0.2, -0.15) is 11.8 Å². The Kier molecular flexibility index (Phi) is 2.75. The zero-order chi connectivity index (χ0) is 10.2. The summed E-state index contributed by atoms with van der Waals surface area (Å²) in [5.41, 5.74) is 5.42. The largest absolute Gasteiger partial charge is 0.468 e. The molecule has 2 atom stereocenters. The van der Waals surface area contributed by atoms with Gasteiger partial charge in [0.1, 0.15) is 5.54 Å². The Balaban J connectivity index is 2.10. The Labute approximate surface area is 88.8 Å². The first kappa shape index (κ1) is 10.3. The summed E-state index contributed by atoms with van der Waals surface area (Å²) in [5, 5.41) is 1.15. The average Bonchev–Trinajstić information content (AvgIpc) is 2.15. The maximum absolute atomic E-state index is 11.6. The molecule has 2 bridgehead atoms. The second kappa shape index (κ2) is 3.74. The molecule has 2 unspecified atom stereocenters. The molecule has 0 amide bonds. The molecule has 0 aliphatic carbocycles. The van der Waals surface area contributed by atoms with E-state index in [2.05, 4.69) is 0 Å². The first-order valence-electron chi connectivity index (χ1n) is 5.17. The van der Waals surface area contributed by atoms with E-state index in [1.165, 1.54) is 26.4 Å². The number of hydrogen-bond acceptors (Lipinski definition) is 4. The summed E-state index contributed by atoms with van der Waals surface area (Å²) >= 11 is 2.02. The SMILES string of the molecule is COC(=O)C1(N)CC2CCCC(C1)S2. The zero-order valence-electron chi connectivity index (χ0n) is 8.49. The van der Waals surface area contributed by atoms with E-state index in [0.29, 0.717) is 10.5 Å². The van der Waals surface area contributed by atoms with Crippen molar-refractivity contribution in [1.82, 2.24) is 0 Å². The van der Waals surface area contributed by atoms with Gasteiger partial charge in [-0.05, 0) is 25.7 Å². The van der Waals surface area contributed by atoms with Crippen molar-refractivity contribution in [3.8, 4) is 0 Å². The summed E-state index contributed by atoms with van der Waals surface area (Å²) in [6, 6.07) is 0. The molecule has 0 radical (unpaired) electrons. The highest BCUT2D eigenvalue weighted by Gasteiger charge is 2.45. The van der Waals surface area contributed by atoms with Crippen molar-refractivity contribution in [2.45, 2.75) is 48.1 Å². The summed E-state index contributed by atoms with van der Waals surface area (Å²) < 4.78 is 4.78. The molecular formula is C10H17NO2S. The molecule has 2 aliphatic rings. The molecule has 3 nitrogen and oxygen atoms in total. The molecule has 2 saturated heterocycles. The molecule has 80 valence electrons. The second-order valence-corrected chi connectivity index (χ2v) is 5.97. The van der Waals surface area contributed by atoms with Crippen LogP contribution >= 0.6 is 11.8 Å². The van der Waals surface area contributed by atoms with Crippen LogP contribution in [-0.2, 0) is 9.53 Å². The van der Waals surface area contributed by atoms with Gasteiger partial charge in [0.15, 0.2) is 0 Å². The Morgan fingerprint density at radius 1 is 1.43 bits per heavy atom. The van der Waals surface area contributed by atoms with Crippen LogP contribution in [0.1, 0.15) is 32.1 Å². The summed E-state index contributed by atoms with van der Waals surface area (Å²) in [4.78, 5) is 11.6. The number of carbonyl (C=O) groups is 1. The third-order valence-electron chi connectivity index (χ3n) is 3.21. The van der Waals surface area contributed by atoms with E-state index in [-0.39, 0.29) is 5.97 Å². The van der Waals surface area contributed by atoms with Gasteiger partial charge in [0, 0.05) is 10.5 Å². The number of nitrogens with two attached hydrogens (primary N) is 1. The number of thioether (sulfide) groups is 1. The van der Waals surface area contributed by atoms with Crippen molar-refractivity contribution >= 4 is 17.7 Å². The molecular weight excluding hydrogens is 198 g/mol. The van der Waals surface area contributed by atoms with Crippen LogP contribution in [0, 0.1) is 0 Å².